The summed E-state index contributed by atoms with van der Waals surface area (Å²) in [7, 11) is 2.14. The van der Waals surface area contributed by atoms with Crippen molar-refractivity contribution >= 4 is 0 Å². The fourth-order valence-electron chi connectivity index (χ4n) is 4.44. The average molecular weight is 355 g/mol. The number of aromatic nitrogens is 2. The summed E-state index contributed by atoms with van der Waals surface area (Å²) in [5.74, 6) is 1.36. The summed E-state index contributed by atoms with van der Waals surface area (Å²) in [6.45, 7) is 6.29. The lowest BCUT2D eigenvalue weighted by molar-refractivity contribution is 0.118. The zero-order chi connectivity index (χ0) is 18.3. The van der Waals surface area contributed by atoms with Gasteiger partial charge in [-0.25, -0.2) is 4.39 Å². The number of aryl methyl sites for hydroxylation is 1. The van der Waals surface area contributed by atoms with E-state index in [-0.39, 0.29) is 11.0 Å². The normalized spacial score (nSPS) is 26.6. The predicted molar refractivity (Wildman–Crippen MR) is 92.7 cm³/mol. The van der Waals surface area contributed by atoms with Gasteiger partial charge in [0.15, 0.2) is 5.82 Å². The third-order valence-electron chi connectivity index (χ3n) is 5.75. The van der Waals surface area contributed by atoms with Crippen molar-refractivity contribution in [3.63, 3.8) is 0 Å². The summed E-state index contributed by atoms with van der Waals surface area (Å²) >= 11 is 0. The molecule has 0 N–H and O–H groups in total. The molecule has 2 atom stereocenters. The minimum atomic E-state index is -0.467. The number of halogens is 1. The van der Waals surface area contributed by atoms with E-state index in [0.29, 0.717) is 18.3 Å². The molecule has 1 aromatic heterocycles. The number of fused-ring (bicyclic) bond motifs is 1. The number of piperidine rings is 1. The lowest BCUT2D eigenvalue weighted by atomic mass is 9.72. The smallest absolute Gasteiger partial charge is 0.234 e. The molecule has 2 aliphatic rings. The number of nitrogens with zero attached hydrogens (tertiary/aromatic N) is 5. The van der Waals surface area contributed by atoms with Crippen LogP contribution in [-0.4, -0.2) is 53.2 Å². The van der Waals surface area contributed by atoms with Crippen molar-refractivity contribution in [2.45, 2.75) is 25.3 Å². The zero-order valence-electron chi connectivity index (χ0n) is 15.1. The highest BCUT2D eigenvalue weighted by Gasteiger charge is 2.53. The van der Waals surface area contributed by atoms with Crippen LogP contribution in [0, 0.1) is 30.0 Å². The molecule has 2 fully saturated rings. The van der Waals surface area contributed by atoms with Gasteiger partial charge in [0.2, 0.25) is 5.89 Å². The average Bonchev–Trinajstić information content (AvgIpc) is 3.20. The van der Waals surface area contributed by atoms with Gasteiger partial charge in [-0.15, -0.1) is 0 Å². The van der Waals surface area contributed by atoms with E-state index in [1.807, 2.05) is 13.0 Å². The van der Waals surface area contributed by atoms with E-state index in [1.165, 1.54) is 6.07 Å². The molecule has 136 valence electrons. The Bertz CT molecular complexity index is 860. The minimum Gasteiger partial charge on any atom is -0.339 e. The molecular formula is C19H22FN5O. The lowest BCUT2D eigenvalue weighted by Gasteiger charge is -2.39. The largest absolute Gasteiger partial charge is 0.339 e. The second-order valence-corrected chi connectivity index (χ2v) is 7.61. The third kappa shape index (κ3) is 2.89. The van der Waals surface area contributed by atoms with Crippen LogP contribution in [0.5, 0.6) is 0 Å². The van der Waals surface area contributed by atoms with E-state index in [4.69, 9.17) is 9.78 Å². The second kappa shape index (κ2) is 6.45. The first-order chi connectivity index (χ1) is 12.5. The van der Waals surface area contributed by atoms with Crippen molar-refractivity contribution in [3.05, 3.63) is 46.9 Å². The van der Waals surface area contributed by atoms with E-state index in [1.54, 1.807) is 12.1 Å². The van der Waals surface area contributed by atoms with Crippen LogP contribution in [0.2, 0.25) is 0 Å². The Morgan fingerprint density at radius 1 is 1.42 bits per heavy atom. The Morgan fingerprint density at radius 3 is 3.00 bits per heavy atom. The van der Waals surface area contributed by atoms with Crippen molar-refractivity contribution in [1.29, 1.82) is 5.26 Å². The first-order valence-electron chi connectivity index (χ1n) is 8.90. The van der Waals surface area contributed by atoms with Gasteiger partial charge in [0, 0.05) is 26.2 Å². The first kappa shape index (κ1) is 17.1. The van der Waals surface area contributed by atoms with E-state index in [9.17, 15) is 4.39 Å². The SMILES string of the molecule is Cc1noc([C@@]23CCN(C)C[C@@H]2CN(Cc2ccc(F)c(C#N)c2)C3)n1. The molecule has 3 heterocycles. The van der Waals surface area contributed by atoms with Crippen LogP contribution in [0.4, 0.5) is 4.39 Å². The molecule has 7 heteroatoms. The molecule has 0 spiro atoms. The molecule has 2 aliphatic heterocycles. The van der Waals surface area contributed by atoms with E-state index < -0.39 is 5.82 Å². The quantitative estimate of drug-likeness (QED) is 0.840. The maximum atomic E-state index is 13.6. The molecule has 0 radical (unpaired) electrons. The molecule has 0 bridgehead atoms. The van der Waals surface area contributed by atoms with Crippen LogP contribution in [0.1, 0.15) is 29.3 Å². The van der Waals surface area contributed by atoms with Crippen LogP contribution in [0.15, 0.2) is 22.7 Å². The van der Waals surface area contributed by atoms with Gasteiger partial charge >= 0.3 is 0 Å². The van der Waals surface area contributed by atoms with E-state index in [2.05, 4.69) is 27.0 Å². The molecule has 4 rings (SSSR count). The Labute approximate surface area is 152 Å². The van der Waals surface area contributed by atoms with Crippen molar-refractivity contribution < 1.29 is 8.91 Å². The van der Waals surface area contributed by atoms with Gasteiger partial charge in [0.05, 0.1) is 11.0 Å². The van der Waals surface area contributed by atoms with Gasteiger partial charge in [-0.2, -0.15) is 10.2 Å². The number of nitriles is 1. The highest BCUT2D eigenvalue weighted by atomic mass is 19.1. The number of likely N-dealkylation sites (tertiary alicyclic amines) is 2. The topological polar surface area (TPSA) is 69.2 Å². The second-order valence-electron chi connectivity index (χ2n) is 7.61. The molecular weight excluding hydrogens is 333 g/mol. The standard InChI is InChI=1S/C19H22FN5O/c1-13-22-18(26-23-13)19-5-6-24(2)10-16(19)11-25(12-19)9-14-3-4-17(20)15(7-14)8-21/h3-4,7,16H,5-6,9-12H2,1-2H3/t16-,19-/m1/s1. The maximum Gasteiger partial charge on any atom is 0.234 e. The Hall–Kier alpha value is -2.30. The molecule has 6 nitrogen and oxygen atoms in total. The number of hydrogen-bond donors (Lipinski definition) is 0. The van der Waals surface area contributed by atoms with Gasteiger partial charge in [-0.3, -0.25) is 4.90 Å². The summed E-state index contributed by atoms with van der Waals surface area (Å²) in [4.78, 5) is 9.27. The molecule has 26 heavy (non-hydrogen) atoms. The molecule has 0 saturated carbocycles. The van der Waals surface area contributed by atoms with Gasteiger partial charge in [0.25, 0.3) is 0 Å². The van der Waals surface area contributed by atoms with Crippen LogP contribution in [0.3, 0.4) is 0 Å². The summed E-state index contributed by atoms with van der Waals surface area (Å²) in [6.07, 6.45) is 0.985. The first-order valence-corrected chi connectivity index (χ1v) is 8.90. The molecule has 0 unspecified atom stereocenters. The van der Waals surface area contributed by atoms with E-state index >= 15 is 0 Å². The number of rotatable bonds is 3. The van der Waals surface area contributed by atoms with Crippen LogP contribution in [-0.2, 0) is 12.0 Å². The summed E-state index contributed by atoms with van der Waals surface area (Å²) < 4.78 is 19.2. The predicted octanol–water partition coefficient (Wildman–Crippen LogP) is 2.09. The van der Waals surface area contributed by atoms with Gasteiger partial charge in [0.1, 0.15) is 11.9 Å². The number of benzene rings is 1. The maximum absolute atomic E-state index is 13.6. The highest BCUT2D eigenvalue weighted by molar-refractivity contribution is 5.34. The van der Waals surface area contributed by atoms with Gasteiger partial charge < -0.3 is 9.42 Å². The summed E-state index contributed by atoms with van der Waals surface area (Å²) in [5.41, 5.74) is 0.930. The molecule has 0 amide bonds. The van der Waals surface area contributed by atoms with Crippen molar-refractivity contribution in [2.75, 3.05) is 33.2 Å². The van der Waals surface area contributed by atoms with Crippen LogP contribution >= 0.6 is 0 Å². The summed E-state index contributed by atoms with van der Waals surface area (Å²) in [5, 5.41) is 13.1. The van der Waals surface area contributed by atoms with Crippen molar-refractivity contribution in [3.8, 4) is 6.07 Å². The monoisotopic (exact) mass is 355 g/mol. The van der Waals surface area contributed by atoms with Gasteiger partial charge in [-0.05, 0) is 50.6 Å². The molecule has 2 aromatic rings. The molecule has 0 aliphatic carbocycles. The number of hydrogen-bond acceptors (Lipinski definition) is 6. The fourth-order valence-corrected chi connectivity index (χ4v) is 4.44. The van der Waals surface area contributed by atoms with Gasteiger partial charge in [-0.1, -0.05) is 11.2 Å². The van der Waals surface area contributed by atoms with E-state index in [0.717, 1.165) is 44.1 Å². The van der Waals surface area contributed by atoms with Crippen LogP contribution in [0.25, 0.3) is 0 Å². The fraction of sp³-hybridized carbons (Fsp3) is 0.526. The highest BCUT2D eigenvalue weighted by Crippen LogP contribution is 2.44. The van der Waals surface area contributed by atoms with Crippen molar-refractivity contribution in [1.82, 2.24) is 19.9 Å². The molecule has 1 aromatic carbocycles. The minimum absolute atomic E-state index is 0.0982. The Balaban J connectivity index is 1.60. The molecule has 2 saturated heterocycles. The Kier molecular flexibility index (Phi) is 4.25. The Morgan fingerprint density at radius 2 is 2.27 bits per heavy atom. The summed E-state index contributed by atoms with van der Waals surface area (Å²) in [6, 6.07) is 6.70. The van der Waals surface area contributed by atoms with Crippen molar-refractivity contribution in [2.24, 2.45) is 5.92 Å². The third-order valence-corrected chi connectivity index (χ3v) is 5.75. The lowest BCUT2D eigenvalue weighted by Crippen LogP contribution is -2.48. The van der Waals surface area contributed by atoms with Crippen LogP contribution < -0.4 is 0 Å². The zero-order valence-corrected chi connectivity index (χ0v) is 15.1.